The lowest BCUT2D eigenvalue weighted by molar-refractivity contribution is 0.344. The maximum atomic E-state index is 9.49. The fraction of sp³-hybridized carbons (Fsp3) is 1.00. The predicted octanol–water partition coefficient (Wildman–Crippen LogP) is 0.424. The summed E-state index contributed by atoms with van der Waals surface area (Å²) in [5.74, 6) is 0. The molecule has 0 fully saturated rings. The highest BCUT2D eigenvalue weighted by Crippen LogP contribution is 1.95. The van der Waals surface area contributed by atoms with Gasteiger partial charge in [0.1, 0.15) is 0 Å². The van der Waals surface area contributed by atoms with E-state index in [1.807, 2.05) is 0 Å². The summed E-state index contributed by atoms with van der Waals surface area (Å²) >= 11 is 3.74. The summed E-state index contributed by atoms with van der Waals surface area (Å²) in [6, 6.07) is 0. The molecular weight excluding hydrogens is 133 g/mol. The monoisotopic (exact) mass is 139 g/mol. The molecule has 0 rings (SSSR count). The van der Waals surface area contributed by atoms with Gasteiger partial charge in [0, 0.05) is 0 Å². The highest BCUT2D eigenvalue weighted by atomic mass is 32.1. The lowest BCUT2D eigenvalue weighted by Gasteiger charge is -1.95. The Morgan fingerprint density at radius 1 is 2.00 bits per heavy atom. The first-order chi connectivity index (χ1) is 3.27. The summed E-state index contributed by atoms with van der Waals surface area (Å²) in [4.78, 5) is 0. The number of hydrogen-bond acceptors (Lipinski definition) is 4. The van der Waals surface area contributed by atoms with Gasteiger partial charge in [-0.05, 0) is 0 Å². The number of thiol groups is 1. The molecule has 0 bridgehead atoms. The molecule has 2 N–H and O–H groups in total. The summed E-state index contributed by atoms with van der Waals surface area (Å²) < 4.78 is 13.8. The second-order valence-electron chi connectivity index (χ2n) is 0.938. The van der Waals surface area contributed by atoms with Crippen LogP contribution in [0.4, 0.5) is 0 Å². The first-order valence-electron chi connectivity index (χ1n) is 1.65. The Balaban J connectivity index is 2.81. The van der Waals surface area contributed by atoms with E-state index in [2.05, 4.69) is 17.2 Å². The van der Waals surface area contributed by atoms with Gasteiger partial charge in [0.25, 0.3) is 0 Å². The average Bonchev–Trinajstić information content (AvgIpc) is 1.61. The van der Waals surface area contributed by atoms with Crippen LogP contribution in [0.15, 0.2) is 0 Å². The Morgan fingerprint density at radius 2 is 2.57 bits per heavy atom. The molecule has 0 aromatic carbocycles. The van der Waals surface area contributed by atoms with E-state index in [0.717, 1.165) is 0 Å². The van der Waals surface area contributed by atoms with Crippen LogP contribution in [0.25, 0.3) is 0 Å². The summed E-state index contributed by atoms with van der Waals surface area (Å²) in [6.07, 6.45) is 0. The smallest absolute Gasteiger partial charge is 0.318 e. The summed E-state index contributed by atoms with van der Waals surface area (Å²) in [6.45, 7) is 0.216. The van der Waals surface area contributed by atoms with E-state index in [-0.39, 0.29) is 20.7 Å². The van der Waals surface area contributed by atoms with Crippen molar-refractivity contribution in [3.63, 3.8) is 0 Å². The van der Waals surface area contributed by atoms with Gasteiger partial charge in [-0.15, -0.1) is 0 Å². The fourth-order valence-corrected chi connectivity index (χ4v) is 0.520. The van der Waals surface area contributed by atoms with Crippen LogP contribution >= 0.6 is 21.3 Å². The first-order valence-corrected chi connectivity index (χ1v) is 2.90. The van der Waals surface area contributed by atoms with Crippen LogP contribution in [0.1, 0.15) is 0 Å². The molecule has 0 aromatic rings. The Hall–Kier alpha value is 0.370. The van der Waals surface area contributed by atoms with E-state index in [4.69, 9.17) is 5.73 Å². The number of rotatable bonds is 3. The molecule has 0 saturated heterocycles. The molecule has 42 valence electrons. The molecule has 5 heteroatoms. The van der Waals surface area contributed by atoms with Crippen molar-refractivity contribution in [3.8, 4) is 0 Å². The van der Waals surface area contributed by atoms with E-state index in [1.165, 1.54) is 0 Å². The first kappa shape index (κ1) is 7.37. The van der Waals surface area contributed by atoms with Crippen LogP contribution in [0.5, 0.6) is 0 Å². The Bertz CT molecular complexity index is 59.7. The van der Waals surface area contributed by atoms with Crippen molar-refractivity contribution in [2.24, 2.45) is 5.73 Å². The largest absolute Gasteiger partial charge is 0.327 e. The fourth-order valence-electron chi connectivity index (χ4n) is 0.107. The van der Waals surface area contributed by atoms with E-state index in [0.29, 0.717) is 0 Å². The highest BCUT2D eigenvalue weighted by Gasteiger charge is 1.90. The topological polar surface area (TPSA) is 52.3 Å². The predicted molar refractivity (Wildman–Crippen MR) is 30.5 cm³/mol. The van der Waals surface area contributed by atoms with Crippen molar-refractivity contribution in [2.45, 2.75) is 5.37 Å². The second-order valence-corrected chi connectivity index (χ2v) is 2.01. The van der Waals surface area contributed by atoms with Gasteiger partial charge in [0.05, 0.1) is 12.0 Å². The Labute approximate surface area is 48.9 Å². The van der Waals surface area contributed by atoms with Gasteiger partial charge in [0.2, 0.25) is 0 Å². The molecule has 1 atom stereocenters. The molecule has 0 aliphatic heterocycles. The molecular formula is C2H6NO2PS. The quantitative estimate of drug-likeness (QED) is 0.338. The van der Waals surface area contributed by atoms with Crippen molar-refractivity contribution < 1.29 is 9.09 Å². The van der Waals surface area contributed by atoms with Gasteiger partial charge in [-0.2, -0.15) is 12.6 Å². The minimum absolute atomic E-state index is 0.216. The summed E-state index contributed by atoms with van der Waals surface area (Å²) in [5.41, 5.74) is 5.07. The van der Waals surface area contributed by atoms with E-state index >= 15 is 0 Å². The van der Waals surface area contributed by atoms with Gasteiger partial charge >= 0.3 is 8.69 Å². The highest BCUT2D eigenvalue weighted by molar-refractivity contribution is 7.80. The molecule has 0 spiro atoms. The van der Waals surface area contributed by atoms with E-state index in [1.54, 1.807) is 0 Å². The van der Waals surface area contributed by atoms with Crippen LogP contribution in [-0.2, 0) is 9.09 Å². The van der Waals surface area contributed by atoms with Crippen LogP contribution in [0, 0.1) is 0 Å². The summed E-state index contributed by atoms with van der Waals surface area (Å²) in [7, 11) is -0.339. The van der Waals surface area contributed by atoms with Crippen LogP contribution in [0.3, 0.4) is 0 Å². The summed E-state index contributed by atoms with van der Waals surface area (Å²) in [5, 5.41) is -0.332. The molecule has 1 unspecified atom stereocenters. The normalized spacial score (nSPS) is 14.6. The molecule has 0 heterocycles. The minimum Gasteiger partial charge on any atom is -0.318 e. The zero-order valence-electron chi connectivity index (χ0n) is 3.57. The third kappa shape index (κ3) is 6.37. The van der Waals surface area contributed by atoms with Crippen molar-refractivity contribution in [3.05, 3.63) is 0 Å². The maximum Gasteiger partial charge on any atom is 0.327 e. The minimum atomic E-state index is -0.339. The molecule has 0 saturated carbocycles. The Kier molecular flexibility index (Phi) is 4.77. The molecule has 0 radical (unpaired) electrons. The number of nitrogens with two attached hydrogens (primary N) is 1. The van der Waals surface area contributed by atoms with Gasteiger partial charge in [0.15, 0.2) is 0 Å². The molecule has 7 heavy (non-hydrogen) atoms. The third-order valence-electron chi connectivity index (χ3n) is 0.298. The van der Waals surface area contributed by atoms with Crippen molar-refractivity contribution in [2.75, 3.05) is 6.61 Å². The molecule has 0 aliphatic rings. The zero-order chi connectivity index (χ0) is 5.70. The van der Waals surface area contributed by atoms with Gasteiger partial charge < -0.3 is 5.73 Å². The van der Waals surface area contributed by atoms with E-state index in [9.17, 15) is 4.57 Å². The lowest BCUT2D eigenvalue weighted by atomic mass is 10.7. The van der Waals surface area contributed by atoms with Crippen LogP contribution in [-0.4, -0.2) is 12.0 Å². The standard InChI is InChI=1S/C2H6NO2PS/c3-2(7)1-5-6-4/h2,7H,1,3H2. The molecule has 0 amide bonds. The Morgan fingerprint density at radius 3 is 2.71 bits per heavy atom. The average molecular weight is 139 g/mol. The van der Waals surface area contributed by atoms with Crippen molar-refractivity contribution >= 4 is 21.3 Å². The van der Waals surface area contributed by atoms with Gasteiger partial charge in [-0.25, -0.2) is 4.57 Å². The molecule has 3 nitrogen and oxygen atoms in total. The third-order valence-corrected chi connectivity index (χ3v) is 0.702. The van der Waals surface area contributed by atoms with Crippen LogP contribution < -0.4 is 5.73 Å². The van der Waals surface area contributed by atoms with Gasteiger partial charge in [-0.3, -0.25) is 4.52 Å². The second kappa shape index (κ2) is 4.53. The van der Waals surface area contributed by atoms with Crippen LogP contribution in [0.2, 0.25) is 0 Å². The van der Waals surface area contributed by atoms with Crippen molar-refractivity contribution in [1.29, 1.82) is 0 Å². The molecule has 0 aliphatic carbocycles. The SMILES string of the molecule is NC(S)COP=O. The number of hydrogen-bond donors (Lipinski definition) is 2. The van der Waals surface area contributed by atoms with E-state index < -0.39 is 0 Å². The lowest BCUT2D eigenvalue weighted by Crippen LogP contribution is -2.16. The maximum absolute atomic E-state index is 9.49. The van der Waals surface area contributed by atoms with Crippen molar-refractivity contribution in [1.82, 2.24) is 0 Å². The van der Waals surface area contributed by atoms with Gasteiger partial charge in [-0.1, -0.05) is 0 Å². The zero-order valence-corrected chi connectivity index (χ0v) is 5.36. The molecule has 0 aromatic heterocycles.